The molecule has 0 aliphatic rings. The minimum atomic E-state index is -0.113. The zero-order chi connectivity index (χ0) is 20.5. The zero-order valence-corrected chi connectivity index (χ0v) is 19.3. The quantitative estimate of drug-likeness (QED) is 0.360. The smallest absolute Gasteiger partial charge is 0.263 e. The van der Waals surface area contributed by atoms with Gasteiger partial charge in [0.25, 0.3) is 5.91 Å². The fourth-order valence-electron chi connectivity index (χ4n) is 3.31. The van der Waals surface area contributed by atoms with Gasteiger partial charge in [0, 0.05) is 25.5 Å². The van der Waals surface area contributed by atoms with Crippen molar-refractivity contribution in [1.29, 1.82) is 0 Å². The molecule has 3 heterocycles. The van der Waals surface area contributed by atoms with Crippen molar-refractivity contribution >= 4 is 56.6 Å². The highest BCUT2D eigenvalue weighted by Gasteiger charge is 2.25. The van der Waals surface area contributed by atoms with Crippen LogP contribution in [0.15, 0.2) is 41.3 Å². The Bertz CT molecular complexity index is 1130. The van der Waals surface area contributed by atoms with E-state index in [1.54, 1.807) is 23.5 Å². The van der Waals surface area contributed by atoms with E-state index in [1.165, 1.54) is 11.3 Å². The molecule has 0 spiro atoms. The minimum absolute atomic E-state index is 0. The van der Waals surface area contributed by atoms with E-state index in [0.717, 1.165) is 28.7 Å². The second-order valence-corrected chi connectivity index (χ2v) is 8.36. The largest absolute Gasteiger partial charge is 0.466 e. The number of carbonyl (C=O) groups excluding carboxylic acids is 1. The first-order chi connectivity index (χ1) is 13.9. The summed E-state index contributed by atoms with van der Waals surface area (Å²) in [7, 11) is 0. The Hall–Kier alpha value is -2.35. The summed E-state index contributed by atoms with van der Waals surface area (Å²) in [5.74, 6) is 1.22. The van der Waals surface area contributed by atoms with E-state index in [0.29, 0.717) is 33.8 Å². The SMILES string of the molecule is Cc1cc(C(=O)N(CCCn2ccnc2)c2nc3c(C)ccc(Cl)c3s2)c(C)o1.Cl. The number of aromatic nitrogens is 3. The number of carbonyl (C=O) groups is 1. The number of benzene rings is 1. The maximum atomic E-state index is 13.4. The Morgan fingerprint density at radius 3 is 2.73 bits per heavy atom. The van der Waals surface area contributed by atoms with Crippen LogP contribution in [0.4, 0.5) is 5.13 Å². The third-order valence-corrected chi connectivity index (χ3v) is 6.33. The van der Waals surface area contributed by atoms with Crippen LogP contribution in [-0.4, -0.2) is 27.0 Å². The Kier molecular flexibility index (Phi) is 6.85. The third-order valence-electron chi connectivity index (χ3n) is 4.79. The maximum absolute atomic E-state index is 13.4. The fraction of sp³-hybridized carbons (Fsp3) is 0.286. The van der Waals surface area contributed by atoms with Crippen molar-refractivity contribution in [2.45, 2.75) is 33.7 Å². The van der Waals surface area contributed by atoms with Crippen molar-refractivity contribution in [3.63, 3.8) is 0 Å². The topological polar surface area (TPSA) is 64.2 Å². The highest BCUT2D eigenvalue weighted by Crippen LogP contribution is 2.36. The minimum Gasteiger partial charge on any atom is -0.466 e. The van der Waals surface area contributed by atoms with Crippen molar-refractivity contribution < 1.29 is 9.21 Å². The van der Waals surface area contributed by atoms with Crippen LogP contribution in [0.2, 0.25) is 5.02 Å². The van der Waals surface area contributed by atoms with E-state index in [9.17, 15) is 4.79 Å². The molecule has 158 valence electrons. The number of hydrogen-bond donors (Lipinski definition) is 0. The van der Waals surface area contributed by atoms with Crippen LogP contribution in [0, 0.1) is 20.8 Å². The number of aryl methyl sites for hydroxylation is 4. The first kappa shape index (κ1) is 22.3. The van der Waals surface area contributed by atoms with E-state index < -0.39 is 0 Å². The number of hydrogen-bond acceptors (Lipinski definition) is 5. The molecule has 0 saturated heterocycles. The van der Waals surface area contributed by atoms with Gasteiger partial charge in [-0.05, 0) is 44.9 Å². The van der Waals surface area contributed by atoms with Gasteiger partial charge in [-0.25, -0.2) is 9.97 Å². The van der Waals surface area contributed by atoms with Crippen LogP contribution < -0.4 is 4.90 Å². The molecule has 0 aliphatic carbocycles. The summed E-state index contributed by atoms with van der Waals surface area (Å²) in [6, 6.07) is 5.60. The van der Waals surface area contributed by atoms with Crippen LogP contribution in [-0.2, 0) is 6.54 Å². The number of halogens is 2. The van der Waals surface area contributed by atoms with Crippen molar-refractivity contribution in [1.82, 2.24) is 14.5 Å². The average Bonchev–Trinajstić information content (AvgIpc) is 3.42. The molecule has 0 atom stereocenters. The van der Waals surface area contributed by atoms with Crippen molar-refractivity contribution in [2.75, 3.05) is 11.4 Å². The van der Waals surface area contributed by atoms with Gasteiger partial charge in [-0.2, -0.15) is 0 Å². The summed E-state index contributed by atoms with van der Waals surface area (Å²) in [6.45, 7) is 6.93. The molecule has 0 aliphatic heterocycles. The number of amides is 1. The Balaban J connectivity index is 0.00000256. The lowest BCUT2D eigenvalue weighted by Crippen LogP contribution is -2.32. The van der Waals surface area contributed by atoms with Crippen molar-refractivity contribution in [3.8, 4) is 0 Å². The van der Waals surface area contributed by atoms with E-state index in [1.807, 2.05) is 43.7 Å². The average molecular weight is 465 g/mol. The predicted octanol–water partition coefficient (Wildman–Crippen LogP) is 5.82. The van der Waals surface area contributed by atoms with Crippen LogP contribution >= 0.6 is 35.3 Å². The maximum Gasteiger partial charge on any atom is 0.263 e. The van der Waals surface area contributed by atoms with E-state index in [4.69, 9.17) is 21.0 Å². The van der Waals surface area contributed by atoms with Gasteiger partial charge in [-0.3, -0.25) is 9.69 Å². The van der Waals surface area contributed by atoms with Crippen LogP contribution in [0.25, 0.3) is 10.2 Å². The van der Waals surface area contributed by atoms with Gasteiger partial charge in [0.1, 0.15) is 11.5 Å². The molecule has 4 aromatic rings. The highest BCUT2D eigenvalue weighted by atomic mass is 35.5. The Morgan fingerprint density at radius 2 is 2.10 bits per heavy atom. The van der Waals surface area contributed by atoms with Crippen LogP contribution in [0.1, 0.15) is 33.9 Å². The molecule has 0 N–H and O–H groups in total. The fourth-order valence-corrected chi connectivity index (χ4v) is 4.65. The molecule has 0 radical (unpaired) electrons. The molecule has 6 nitrogen and oxygen atoms in total. The summed E-state index contributed by atoms with van der Waals surface area (Å²) in [5.41, 5.74) is 2.44. The number of nitrogens with zero attached hydrogens (tertiary/aromatic N) is 4. The number of furan rings is 1. The van der Waals surface area contributed by atoms with Gasteiger partial charge in [-0.15, -0.1) is 12.4 Å². The van der Waals surface area contributed by atoms with Gasteiger partial charge in [0.2, 0.25) is 0 Å². The monoisotopic (exact) mass is 464 g/mol. The third kappa shape index (κ3) is 4.38. The van der Waals surface area contributed by atoms with Gasteiger partial charge in [0.15, 0.2) is 5.13 Å². The summed E-state index contributed by atoms with van der Waals surface area (Å²) >= 11 is 7.83. The van der Waals surface area contributed by atoms with Gasteiger partial charge in [-0.1, -0.05) is 29.0 Å². The van der Waals surface area contributed by atoms with Gasteiger partial charge < -0.3 is 8.98 Å². The van der Waals surface area contributed by atoms with E-state index in [2.05, 4.69) is 4.98 Å². The Morgan fingerprint density at radius 1 is 1.30 bits per heavy atom. The zero-order valence-electron chi connectivity index (χ0n) is 16.9. The number of rotatable bonds is 6. The number of fused-ring (bicyclic) bond motifs is 1. The van der Waals surface area contributed by atoms with Crippen molar-refractivity contribution in [3.05, 3.63) is 64.6 Å². The van der Waals surface area contributed by atoms with Crippen LogP contribution in [0.5, 0.6) is 0 Å². The first-order valence-electron chi connectivity index (χ1n) is 9.34. The summed E-state index contributed by atoms with van der Waals surface area (Å²) in [4.78, 5) is 24.0. The summed E-state index contributed by atoms with van der Waals surface area (Å²) < 4.78 is 8.48. The molecule has 1 aromatic carbocycles. The lowest BCUT2D eigenvalue weighted by atomic mass is 10.2. The molecule has 9 heteroatoms. The normalized spacial score (nSPS) is 10.9. The number of thiazole rings is 1. The molecule has 0 unspecified atom stereocenters. The lowest BCUT2D eigenvalue weighted by molar-refractivity contribution is 0.0985. The van der Waals surface area contributed by atoms with Crippen molar-refractivity contribution in [2.24, 2.45) is 0 Å². The summed E-state index contributed by atoms with van der Waals surface area (Å²) in [5, 5.41) is 1.29. The molecule has 0 saturated carbocycles. The number of imidazole rings is 1. The molecule has 4 rings (SSSR count). The highest BCUT2D eigenvalue weighted by molar-refractivity contribution is 7.23. The van der Waals surface area contributed by atoms with Gasteiger partial charge in [0.05, 0.1) is 27.1 Å². The molecule has 30 heavy (non-hydrogen) atoms. The molecular formula is C21H22Cl2N4O2S. The number of anilines is 1. The van der Waals surface area contributed by atoms with Gasteiger partial charge >= 0.3 is 0 Å². The second-order valence-electron chi connectivity index (χ2n) is 6.98. The lowest BCUT2D eigenvalue weighted by Gasteiger charge is -2.19. The molecule has 0 fully saturated rings. The molecular weight excluding hydrogens is 443 g/mol. The van der Waals surface area contributed by atoms with E-state index in [-0.39, 0.29) is 18.3 Å². The summed E-state index contributed by atoms with van der Waals surface area (Å²) in [6.07, 6.45) is 6.20. The standard InChI is InChI=1S/C21H21ClN4O2S.ClH/c1-13-5-6-17(22)19-18(13)24-21(29-19)26(9-4-8-25-10-7-23-12-25)20(27)16-11-14(2)28-15(16)3;/h5-7,10-12H,4,8-9H2,1-3H3;1H. The molecule has 0 bridgehead atoms. The molecule has 3 aromatic heterocycles. The first-order valence-corrected chi connectivity index (χ1v) is 10.5. The molecule has 1 amide bonds. The Labute approximate surface area is 189 Å². The second kappa shape index (κ2) is 9.20. The van der Waals surface area contributed by atoms with E-state index >= 15 is 0 Å². The van der Waals surface area contributed by atoms with Crippen LogP contribution in [0.3, 0.4) is 0 Å². The predicted molar refractivity (Wildman–Crippen MR) is 123 cm³/mol.